The molecule has 0 aromatic rings. The van der Waals surface area contributed by atoms with Crippen LogP contribution in [-0.2, 0) is 0 Å². The lowest BCUT2D eigenvalue weighted by atomic mass is 10.2. The molecular weight excluding hydrogens is 146 g/mol. The number of halogens is 1. The largest absolute Gasteiger partial charge is 0.306 e. The van der Waals surface area contributed by atoms with Crippen LogP contribution in [0.1, 0.15) is 26.2 Å². The highest BCUT2D eigenvalue weighted by molar-refractivity contribution is 5.85. The van der Waals surface area contributed by atoms with Crippen LogP contribution in [0.25, 0.3) is 0 Å². The Balaban J connectivity index is 0. The third-order valence-electron chi connectivity index (χ3n) is 1.18. The van der Waals surface area contributed by atoms with Crippen molar-refractivity contribution in [2.75, 3.05) is 13.1 Å². The second-order valence-electron chi connectivity index (χ2n) is 2.09. The number of terminal acetylenes is 1. The van der Waals surface area contributed by atoms with E-state index in [1.54, 1.807) is 0 Å². The van der Waals surface area contributed by atoms with Crippen LogP contribution in [0.15, 0.2) is 0 Å². The van der Waals surface area contributed by atoms with Gasteiger partial charge in [0.2, 0.25) is 0 Å². The second kappa shape index (κ2) is 11.6. The van der Waals surface area contributed by atoms with Crippen LogP contribution in [0.4, 0.5) is 0 Å². The average molecular weight is 162 g/mol. The van der Waals surface area contributed by atoms with Gasteiger partial charge in [-0.15, -0.1) is 18.8 Å². The normalized spacial score (nSPS) is 8.00. The maximum absolute atomic E-state index is 5.03. The van der Waals surface area contributed by atoms with E-state index in [0.29, 0.717) is 6.54 Å². The van der Waals surface area contributed by atoms with Crippen LogP contribution >= 0.6 is 12.4 Å². The Morgan fingerprint density at radius 3 is 2.60 bits per heavy atom. The lowest BCUT2D eigenvalue weighted by Gasteiger charge is -1.96. The third-order valence-corrected chi connectivity index (χ3v) is 1.18. The predicted octanol–water partition coefficient (Wildman–Crippen LogP) is 1.82. The zero-order valence-electron chi connectivity index (χ0n) is 6.52. The fraction of sp³-hybridized carbons (Fsp3) is 0.750. The van der Waals surface area contributed by atoms with Gasteiger partial charge in [0, 0.05) is 0 Å². The summed E-state index contributed by atoms with van der Waals surface area (Å²) in [5.74, 6) is 2.53. The molecule has 0 atom stereocenters. The summed E-state index contributed by atoms with van der Waals surface area (Å²) in [6, 6.07) is 0. The Kier molecular flexibility index (Phi) is 14.5. The lowest BCUT2D eigenvalue weighted by Crippen LogP contribution is -2.14. The fourth-order valence-corrected chi connectivity index (χ4v) is 0.661. The Bertz CT molecular complexity index is 85.7. The molecule has 0 saturated heterocycles. The zero-order valence-corrected chi connectivity index (χ0v) is 7.34. The van der Waals surface area contributed by atoms with Crippen LogP contribution in [-0.4, -0.2) is 13.1 Å². The van der Waals surface area contributed by atoms with Crippen molar-refractivity contribution >= 4 is 12.4 Å². The quantitative estimate of drug-likeness (QED) is 0.479. The van der Waals surface area contributed by atoms with E-state index in [0.717, 1.165) is 6.54 Å². The minimum Gasteiger partial charge on any atom is -0.306 e. The first-order valence-corrected chi connectivity index (χ1v) is 3.56. The molecule has 0 saturated carbocycles. The van der Waals surface area contributed by atoms with Gasteiger partial charge >= 0.3 is 0 Å². The van der Waals surface area contributed by atoms with Crippen LogP contribution in [0.5, 0.6) is 0 Å². The van der Waals surface area contributed by atoms with E-state index in [1.807, 2.05) is 0 Å². The number of nitrogens with one attached hydrogen (secondary N) is 1. The number of hydrogen-bond acceptors (Lipinski definition) is 1. The molecule has 0 aliphatic heterocycles. The van der Waals surface area contributed by atoms with Crippen LogP contribution < -0.4 is 5.32 Å². The minimum atomic E-state index is 0. The van der Waals surface area contributed by atoms with Crippen molar-refractivity contribution < 1.29 is 0 Å². The smallest absolute Gasteiger partial charge is 0.0573 e. The highest BCUT2D eigenvalue weighted by Gasteiger charge is 1.82. The summed E-state index contributed by atoms with van der Waals surface area (Å²) in [6.45, 7) is 3.98. The lowest BCUT2D eigenvalue weighted by molar-refractivity contribution is 0.650. The van der Waals surface area contributed by atoms with Crippen LogP contribution in [0.3, 0.4) is 0 Å². The fourth-order valence-electron chi connectivity index (χ4n) is 0.661. The van der Waals surface area contributed by atoms with Crippen molar-refractivity contribution in [1.29, 1.82) is 0 Å². The summed E-state index contributed by atoms with van der Waals surface area (Å²) in [5.41, 5.74) is 0. The molecule has 0 amide bonds. The highest BCUT2D eigenvalue weighted by atomic mass is 35.5. The molecule has 1 nitrogen and oxygen atoms in total. The Morgan fingerprint density at radius 1 is 1.40 bits per heavy atom. The highest BCUT2D eigenvalue weighted by Crippen LogP contribution is 1.90. The van der Waals surface area contributed by atoms with E-state index in [-0.39, 0.29) is 12.4 Å². The summed E-state index contributed by atoms with van der Waals surface area (Å²) in [5, 5.41) is 3.13. The first kappa shape index (κ1) is 12.5. The van der Waals surface area contributed by atoms with E-state index >= 15 is 0 Å². The summed E-state index contributed by atoms with van der Waals surface area (Å²) < 4.78 is 0. The van der Waals surface area contributed by atoms with Crippen molar-refractivity contribution in [1.82, 2.24) is 5.32 Å². The van der Waals surface area contributed by atoms with Gasteiger partial charge < -0.3 is 5.32 Å². The first-order valence-electron chi connectivity index (χ1n) is 3.56. The summed E-state index contributed by atoms with van der Waals surface area (Å²) in [7, 11) is 0. The molecule has 0 bridgehead atoms. The Hall–Kier alpha value is -0.190. The molecule has 0 aromatic heterocycles. The standard InChI is InChI=1S/C8H15N.ClH/c1-3-5-6-8-9-7-4-2;/h2,9H,3,5-8H2,1H3;1H. The SMILES string of the molecule is C#CCNCCCCC.Cl. The number of unbranched alkanes of at least 4 members (excludes halogenated alkanes) is 2. The molecule has 0 fully saturated rings. The van der Waals surface area contributed by atoms with Crippen molar-refractivity contribution in [3.63, 3.8) is 0 Å². The van der Waals surface area contributed by atoms with Crippen LogP contribution in [0, 0.1) is 12.3 Å². The molecule has 0 spiro atoms. The zero-order chi connectivity index (χ0) is 6.95. The van der Waals surface area contributed by atoms with E-state index < -0.39 is 0 Å². The van der Waals surface area contributed by atoms with Crippen molar-refractivity contribution in [3.8, 4) is 12.3 Å². The molecule has 0 rings (SSSR count). The van der Waals surface area contributed by atoms with E-state index in [4.69, 9.17) is 6.42 Å². The summed E-state index contributed by atoms with van der Waals surface area (Å²) in [4.78, 5) is 0. The molecule has 10 heavy (non-hydrogen) atoms. The molecule has 60 valence electrons. The number of rotatable bonds is 5. The molecule has 1 N–H and O–H groups in total. The minimum absolute atomic E-state index is 0. The topological polar surface area (TPSA) is 12.0 Å². The van der Waals surface area contributed by atoms with Gasteiger partial charge in [-0.25, -0.2) is 0 Å². The molecule has 2 heteroatoms. The van der Waals surface area contributed by atoms with Gasteiger partial charge in [-0.2, -0.15) is 0 Å². The molecule has 0 heterocycles. The third kappa shape index (κ3) is 10.7. The molecule has 0 unspecified atom stereocenters. The second-order valence-corrected chi connectivity index (χ2v) is 2.09. The van der Waals surface area contributed by atoms with Crippen molar-refractivity contribution in [2.45, 2.75) is 26.2 Å². The van der Waals surface area contributed by atoms with Gasteiger partial charge in [-0.3, -0.25) is 0 Å². The molecule has 0 aliphatic rings. The number of hydrogen-bond donors (Lipinski definition) is 1. The van der Waals surface area contributed by atoms with E-state index in [9.17, 15) is 0 Å². The predicted molar refractivity (Wildman–Crippen MR) is 48.5 cm³/mol. The van der Waals surface area contributed by atoms with Crippen molar-refractivity contribution in [3.05, 3.63) is 0 Å². The van der Waals surface area contributed by atoms with Gasteiger partial charge in [0.1, 0.15) is 0 Å². The van der Waals surface area contributed by atoms with Gasteiger partial charge in [0.25, 0.3) is 0 Å². The Morgan fingerprint density at radius 2 is 2.10 bits per heavy atom. The molecule has 0 aromatic carbocycles. The van der Waals surface area contributed by atoms with Gasteiger partial charge in [-0.05, 0) is 13.0 Å². The summed E-state index contributed by atoms with van der Waals surface area (Å²) >= 11 is 0. The van der Waals surface area contributed by atoms with Crippen LogP contribution in [0.2, 0.25) is 0 Å². The van der Waals surface area contributed by atoms with Gasteiger partial charge in [0.05, 0.1) is 6.54 Å². The maximum Gasteiger partial charge on any atom is 0.0573 e. The molecular formula is C8H16ClN. The van der Waals surface area contributed by atoms with Gasteiger partial charge in [-0.1, -0.05) is 25.7 Å². The monoisotopic (exact) mass is 161 g/mol. The Labute approximate surface area is 70.0 Å². The average Bonchev–Trinajstić information content (AvgIpc) is 1.89. The van der Waals surface area contributed by atoms with E-state index in [2.05, 4.69) is 18.2 Å². The first-order chi connectivity index (χ1) is 4.41. The van der Waals surface area contributed by atoms with E-state index in [1.165, 1.54) is 19.3 Å². The maximum atomic E-state index is 5.03. The summed E-state index contributed by atoms with van der Waals surface area (Å²) in [6.07, 6.45) is 8.86. The molecule has 0 aliphatic carbocycles. The van der Waals surface area contributed by atoms with Crippen molar-refractivity contribution in [2.24, 2.45) is 0 Å². The van der Waals surface area contributed by atoms with Gasteiger partial charge in [0.15, 0.2) is 0 Å². The molecule has 0 radical (unpaired) electrons.